The van der Waals surface area contributed by atoms with Gasteiger partial charge in [-0.3, -0.25) is 0 Å². The predicted molar refractivity (Wildman–Crippen MR) is 65.0 cm³/mol. The molecule has 0 bridgehead atoms. The first-order valence-corrected chi connectivity index (χ1v) is 5.05. The molecule has 2 N–H and O–H groups in total. The van der Waals surface area contributed by atoms with Crippen LogP contribution in [0.2, 0.25) is 0 Å². The van der Waals surface area contributed by atoms with Gasteiger partial charge >= 0.3 is 0 Å². The summed E-state index contributed by atoms with van der Waals surface area (Å²) >= 11 is 0. The summed E-state index contributed by atoms with van der Waals surface area (Å²) in [6, 6.07) is 5.21. The lowest BCUT2D eigenvalue weighted by Crippen LogP contribution is -1.99. The van der Waals surface area contributed by atoms with Crippen LogP contribution < -0.4 is 15.2 Å². The van der Waals surface area contributed by atoms with Crippen molar-refractivity contribution in [1.29, 1.82) is 0 Å². The molecule has 0 amide bonds. The molecule has 17 heavy (non-hydrogen) atoms. The summed E-state index contributed by atoms with van der Waals surface area (Å²) in [6.45, 7) is 0. The minimum Gasteiger partial charge on any atom is -0.497 e. The van der Waals surface area contributed by atoms with Crippen molar-refractivity contribution in [1.82, 2.24) is 9.97 Å². The summed E-state index contributed by atoms with van der Waals surface area (Å²) in [5.41, 5.74) is 7.16. The molecule has 1 aromatic heterocycles. The lowest BCUT2D eigenvalue weighted by Gasteiger charge is -2.12. The molecule has 5 heteroatoms. The quantitative estimate of drug-likeness (QED) is 0.815. The van der Waals surface area contributed by atoms with Gasteiger partial charge in [0.2, 0.25) is 0 Å². The van der Waals surface area contributed by atoms with Crippen LogP contribution in [0.4, 0.5) is 5.69 Å². The maximum Gasteiger partial charge on any atom is 0.165 e. The maximum atomic E-state index is 5.97. The van der Waals surface area contributed by atoms with Gasteiger partial charge in [-0.05, 0) is 6.07 Å². The number of hydrogen-bond donors (Lipinski definition) is 1. The zero-order valence-corrected chi connectivity index (χ0v) is 9.68. The molecule has 88 valence electrons. The van der Waals surface area contributed by atoms with Crippen molar-refractivity contribution in [2.24, 2.45) is 0 Å². The first-order valence-electron chi connectivity index (χ1n) is 5.05. The molecule has 5 nitrogen and oxygen atoms in total. The number of hydrogen-bond acceptors (Lipinski definition) is 5. The fourth-order valence-corrected chi connectivity index (χ4v) is 1.56. The monoisotopic (exact) mass is 231 g/mol. The number of methoxy groups -OCH3 is 2. The second-order valence-electron chi connectivity index (χ2n) is 3.37. The highest BCUT2D eigenvalue weighted by molar-refractivity contribution is 5.79. The van der Waals surface area contributed by atoms with Crippen LogP contribution in [-0.2, 0) is 0 Å². The van der Waals surface area contributed by atoms with Crippen molar-refractivity contribution in [3.8, 4) is 22.9 Å². The molecule has 0 aliphatic heterocycles. The second kappa shape index (κ2) is 4.69. The molecule has 0 fully saturated rings. The average molecular weight is 231 g/mol. The molecule has 2 rings (SSSR count). The van der Waals surface area contributed by atoms with E-state index in [1.54, 1.807) is 44.8 Å². The van der Waals surface area contributed by atoms with Crippen molar-refractivity contribution in [3.05, 3.63) is 30.6 Å². The molecule has 0 saturated carbocycles. The van der Waals surface area contributed by atoms with Crippen LogP contribution >= 0.6 is 0 Å². The molecule has 0 saturated heterocycles. The van der Waals surface area contributed by atoms with E-state index in [4.69, 9.17) is 15.2 Å². The van der Waals surface area contributed by atoms with Crippen LogP contribution in [0, 0.1) is 0 Å². The number of nitrogen functional groups attached to an aromatic ring is 1. The Morgan fingerprint density at radius 1 is 1.06 bits per heavy atom. The van der Waals surface area contributed by atoms with Gasteiger partial charge in [-0.25, -0.2) is 9.97 Å². The largest absolute Gasteiger partial charge is 0.497 e. The highest BCUT2D eigenvalue weighted by Gasteiger charge is 2.14. The Morgan fingerprint density at radius 2 is 1.76 bits per heavy atom. The summed E-state index contributed by atoms with van der Waals surface area (Å²) in [5.74, 6) is 1.76. The van der Waals surface area contributed by atoms with E-state index < -0.39 is 0 Å². The number of nitrogens with two attached hydrogens (primary N) is 1. The minimum atomic E-state index is 0.521. The van der Waals surface area contributed by atoms with Crippen LogP contribution in [-0.4, -0.2) is 24.2 Å². The molecule has 0 radical (unpaired) electrons. The van der Waals surface area contributed by atoms with E-state index in [9.17, 15) is 0 Å². The maximum absolute atomic E-state index is 5.97. The molecular weight excluding hydrogens is 218 g/mol. The molecular formula is C12H13N3O2. The molecule has 1 heterocycles. The first-order chi connectivity index (χ1) is 8.26. The van der Waals surface area contributed by atoms with Crippen molar-refractivity contribution < 1.29 is 9.47 Å². The zero-order valence-electron chi connectivity index (χ0n) is 9.68. The van der Waals surface area contributed by atoms with Gasteiger partial charge in [0.1, 0.15) is 11.5 Å². The first kappa shape index (κ1) is 11.2. The Kier molecular flexibility index (Phi) is 3.09. The normalized spacial score (nSPS) is 10.0. The number of benzene rings is 1. The van der Waals surface area contributed by atoms with E-state index in [2.05, 4.69) is 9.97 Å². The van der Waals surface area contributed by atoms with Gasteiger partial charge in [0, 0.05) is 24.5 Å². The Bertz CT molecular complexity index is 515. The van der Waals surface area contributed by atoms with E-state index in [1.165, 1.54) is 0 Å². The van der Waals surface area contributed by atoms with Gasteiger partial charge in [-0.2, -0.15) is 0 Å². The lowest BCUT2D eigenvalue weighted by atomic mass is 10.1. The standard InChI is InChI=1S/C12H13N3O2/c1-16-8-6-9(13)11(10(7-8)17-2)12-14-4-3-5-15-12/h3-7H,13H2,1-2H3. The van der Waals surface area contributed by atoms with Crippen molar-refractivity contribution in [3.63, 3.8) is 0 Å². The number of rotatable bonds is 3. The van der Waals surface area contributed by atoms with Crippen LogP contribution in [0.3, 0.4) is 0 Å². The third-order valence-electron chi connectivity index (χ3n) is 2.35. The van der Waals surface area contributed by atoms with E-state index in [0.29, 0.717) is 28.6 Å². The van der Waals surface area contributed by atoms with Crippen molar-refractivity contribution >= 4 is 5.69 Å². The van der Waals surface area contributed by atoms with E-state index in [1.807, 2.05) is 0 Å². The van der Waals surface area contributed by atoms with E-state index in [-0.39, 0.29) is 0 Å². The lowest BCUT2D eigenvalue weighted by molar-refractivity contribution is 0.395. The van der Waals surface area contributed by atoms with Crippen LogP contribution in [0.25, 0.3) is 11.4 Å². The average Bonchev–Trinajstić information content (AvgIpc) is 2.38. The Morgan fingerprint density at radius 3 is 2.35 bits per heavy atom. The smallest absolute Gasteiger partial charge is 0.165 e. The highest BCUT2D eigenvalue weighted by atomic mass is 16.5. The summed E-state index contributed by atoms with van der Waals surface area (Å²) < 4.78 is 10.4. The van der Waals surface area contributed by atoms with Gasteiger partial charge in [0.25, 0.3) is 0 Å². The third-order valence-corrected chi connectivity index (χ3v) is 2.35. The van der Waals surface area contributed by atoms with E-state index in [0.717, 1.165) is 0 Å². The van der Waals surface area contributed by atoms with Gasteiger partial charge in [-0.15, -0.1) is 0 Å². The van der Waals surface area contributed by atoms with Crippen molar-refractivity contribution in [2.45, 2.75) is 0 Å². The topological polar surface area (TPSA) is 70.3 Å². The summed E-state index contributed by atoms with van der Waals surface area (Å²) in [7, 11) is 3.15. The zero-order chi connectivity index (χ0) is 12.3. The number of nitrogens with zero attached hydrogens (tertiary/aromatic N) is 2. The molecule has 2 aromatic rings. The number of ether oxygens (including phenoxy) is 2. The number of anilines is 1. The van der Waals surface area contributed by atoms with Crippen LogP contribution in [0.1, 0.15) is 0 Å². The summed E-state index contributed by atoms with van der Waals surface area (Å²) in [4.78, 5) is 8.32. The number of aromatic nitrogens is 2. The summed E-state index contributed by atoms with van der Waals surface area (Å²) in [6.07, 6.45) is 3.32. The molecule has 0 spiro atoms. The third kappa shape index (κ3) is 2.13. The molecule has 0 atom stereocenters. The SMILES string of the molecule is COc1cc(N)c(-c2ncccn2)c(OC)c1. The van der Waals surface area contributed by atoms with Gasteiger partial charge < -0.3 is 15.2 Å². The van der Waals surface area contributed by atoms with Gasteiger partial charge in [-0.1, -0.05) is 0 Å². The molecule has 1 aromatic carbocycles. The highest BCUT2D eigenvalue weighted by Crippen LogP contribution is 2.36. The Hall–Kier alpha value is -2.30. The second-order valence-corrected chi connectivity index (χ2v) is 3.37. The van der Waals surface area contributed by atoms with Crippen LogP contribution in [0.5, 0.6) is 11.5 Å². The Labute approximate surface area is 99.2 Å². The summed E-state index contributed by atoms with van der Waals surface area (Å²) in [5, 5.41) is 0. The van der Waals surface area contributed by atoms with Crippen LogP contribution in [0.15, 0.2) is 30.6 Å². The molecule has 0 unspecified atom stereocenters. The fraction of sp³-hybridized carbons (Fsp3) is 0.167. The molecule has 0 aliphatic carbocycles. The van der Waals surface area contributed by atoms with Crippen molar-refractivity contribution in [2.75, 3.05) is 20.0 Å². The Balaban J connectivity index is 2.61. The fourth-order valence-electron chi connectivity index (χ4n) is 1.56. The minimum absolute atomic E-state index is 0.521. The van der Waals surface area contributed by atoms with Gasteiger partial charge in [0.05, 0.1) is 25.5 Å². The molecule has 0 aliphatic rings. The predicted octanol–water partition coefficient (Wildman–Crippen LogP) is 1.74. The van der Waals surface area contributed by atoms with E-state index >= 15 is 0 Å². The van der Waals surface area contributed by atoms with Gasteiger partial charge in [0.15, 0.2) is 5.82 Å².